The van der Waals surface area contributed by atoms with Crippen molar-refractivity contribution >= 4 is 0 Å². The molecule has 1 aliphatic heterocycles. The van der Waals surface area contributed by atoms with Crippen molar-refractivity contribution in [1.29, 1.82) is 0 Å². The molecule has 2 aromatic rings. The molecule has 3 atom stereocenters. The molecule has 1 aromatic carbocycles. The SMILES string of the molecule is CO[C@H]1C[C@H](c2nc(C)no2)N(C[C@@H]2CCc3ccccc3C2)C1. The zero-order valence-corrected chi connectivity index (χ0v) is 14.4. The molecule has 1 aromatic heterocycles. The third-order valence-electron chi connectivity index (χ3n) is 5.47. The maximum Gasteiger partial charge on any atom is 0.244 e. The second kappa shape index (κ2) is 6.65. The van der Waals surface area contributed by atoms with E-state index in [1.165, 1.54) is 30.4 Å². The van der Waals surface area contributed by atoms with Gasteiger partial charge >= 0.3 is 0 Å². The third-order valence-corrected chi connectivity index (χ3v) is 5.47. The fourth-order valence-electron chi connectivity index (χ4n) is 4.20. The summed E-state index contributed by atoms with van der Waals surface area (Å²) in [6.07, 6.45) is 4.78. The van der Waals surface area contributed by atoms with Crippen LogP contribution < -0.4 is 0 Å². The first kappa shape index (κ1) is 15.8. The predicted molar refractivity (Wildman–Crippen MR) is 90.7 cm³/mol. The van der Waals surface area contributed by atoms with Gasteiger partial charge in [-0.3, -0.25) is 4.90 Å². The van der Waals surface area contributed by atoms with Crippen molar-refractivity contribution in [1.82, 2.24) is 15.0 Å². The van der Waals surface area contributed by atoms with E-state index in [9.17, 15) is 0 Å². The first-order valence-corrected chi connectivity index (χ1v) is 8.86. The Morgan fingerprint density at radius 3 is 2.88 bits per heavy atom. The molecular formula is C19H25N3O2. The van der Waals surface area contributed by atoms with Crippen LogP contribution in [0, 0.1) is 12.8 Å². The molecule has 0 unspecified atom stereocenters. The number of aromatic nitrogens is 2. The number of fused-ring (bicyclic) bond motifs is 1. The molecule has 128 valence electrons. The number of hydrogen-bond donors (Lipinski definition) is 0. The Kier molecular flexibility index (Phi) is 4.37. The van der Waals surface area contributed by atoms with Gasteiger partial charge in [-0.05, 0) is 49.7 Å². The Labute approximate surface area is 143 Å². The molecule has 1 fully saturated rings. The smallest absolute Gasteiger partial charge is 0.244 e. The van der Waals surface area contributed by atoms with Gasteiger partial charge < -0.3 is 9.26 Å². The normalized spacial score (nSPS) is 27.3. The van der Waals surface area contributed by atoms with Crippen molar-refractivity contribution in [2.75, 3.05) is 20.2 Å². The van der Waals surface area contributed by atoms with E-state index in [2.05, 4.69) is 39.3 Å². The second-order valence-electron chi connectivity index (χ2n) is 7.12. The standard InChI is InChI=1S/C19H25N3O2/c1-13-20-19(24-21-13)18-10-17(23-2)12-22(18)11-14-7-8-15-5-3-4-6-16(15)9-14/h3-6,14,17-18H,7-12H2,1-2H3/t14-,17+,18-/m1/s1. The van der Waals surface area contributed by atoms with Crippen LogP contribution in [-0.4, -0.2) is 41.3 Å². The maximum absolute atomic E-state index is 5.61. The largest absolute Gasteiger partial charge is 0.380 e. The van der Waals surface area contributed by atoms with Gasteiger partial charge in [-0.15, -0.1) is 0 Å². The molecule has 0 saturated carbocycles. The lowest BCUT2D eigenvalue weighted by Gasteiger charge is -2.30. The molecule has 5 nitrogen and oxygen atoms in total. The van der Waals surface area contributed by atoms with Crippen LogP contribution in [0.2, 0.25) is 0 Å². The van der Waals surface area contributed by atoms with Crippen LogP contribution in [0.3, 0.4) is 0 Å². The molecule has 5 heteroatoms. The van der Waals surface area contributed by atoms with E-state index in [0.29, 0.717) is 11.7 Å². The Morgan fingerprint density at radius 2 is 2.12 bits per heavy atom. The van der Waals surface area contributed by atoms with Crippen LogP contribution in [0.1, 0.15) is 41.7 Å². The van der Waals surface area contributed by atoms with Gasteiger partial charge in [-0.25, -0.2) is 0 Å². The molecule has 0 spiro atoms. The molecule has 1 aliphatic carbocycles. The molecule has 2 aliphatic rings. The minimum atomic E-state index is 0.188. The Hall–Kier alpha value is -1.72. The average Bonchev–Trinajstić information content (AvgIpc) is 3.20. The quantitative estimate of drug-likeness (QED) is 0.864. The van der Waals surface area contributed by atoms with Crippen molar-refractivity contribution in [3.05, 3.63) is 47.1 Å². The summed E-state index contributed by atoms with van der Waals surface area (Å²) in [6, 6.07) is 9.04. The van der Waals surface area contributed by atoms with Crippen molar-refractivity contribution < 1.29 is 9.26 Å². The number of nitrogens with zero attached hydrogens (tertiary/aromatic N) is 3. The first-order valence-electron chi connectivity index (χ1n) is 8.86. The number of rotatable bonds is 4. The zero-order chi connectivity index (χ0) is 16.5. The van der Waals surface area contributed by atoms with E-state index in [0.717, 1.165) is 25.4 Å². The predicted octanol–water partition coefficient (Wildman–Crippen LogP) is 2.94. The Balaban J connectivity index is 1.48. The van der Waals surface area contributed by atoms with Crippen LogP contribution in [-0.2, 0) is 17.6 Å². The van der Waals surface area contributed by atoms with Crippen molar-refractivity contribution in [2.24, 2.45) is 5.92 Å². The van der Waals surface area contributed by atoms with Gasteiger partial charge in [0.1, 0.15) is 0 Å². The molecule has 0 bridgehead atoms. The number of aryl methyl sites for hydroxylation is 2. The van der Waals surface area contributed by atoms with E-state index in [-0.39, 0.29) is 12.1 Å². The minimum absolute atomic E-state index is 0.188. The van der Waals surface area contributed by atoms with E-state index in [4.69, 9.17) is 9.26 Å². The Morgan fingerprint density at radius 1 is 1.29 bits per heavy atom. The molecule has 0 N–H and O–H groups in total. The van der Waals surface area contributed by atoms with E-state index < -0.39 is 0 Å². The van der Waals surface area contributed by atoms with Crippen molar-refractivity contribution in [2.45, 2.75) is 44.8 Å². The highest BCUT2D eigenvalue weighted by Crippen LogP contribution is 2.35. The highest BCUT2D eigenvalue weighted by atomic mass is 16.5. The zero-order valence-electron chi connectivity index (χ0n) is 14.4. The summed E-state index contributed by atoms with van der Waals surface area (Å²) >= 11 is 0. The summed E-state index contributed by atoms with van der Waals surface area (Å²) in [5.74, 6) is 2.13. The van der Waals surface area contributed by atoms with Crippen molar-refractivity contribution in [3.63, 3.8) is 0 Å². The van der Waals surface area contributed by atoms with Crippen LogP contribution in [0.15, 0.2) is 28.8 Å². The van der Waals surface area contributed by atoms with Gasteiger partial charge in [0, 0.05) is 20.2 Å². The molecule has 4 rings (SSSR count). The number of methoxy groups -OCH3 is 1. The maximum atomic E-state index is 5.61. The lowest BCUT2D eigenvalue weighted by atomic mass is 9.83. The molecule has 2 heterocycles. The topological polar surface area (TPSA) is 51.4 Å². The second-order valence-corrected chi connectivity index (χ2v) is 7.12. The van der Waals surface area contributed by atoms with Gasteiger partial charge in [0.25, 0.3) is 0 Å². The van der Waals surface area contributed by atoms with E-state index in [1.54, 1.807) is 7.11 Å². The average molecular weight is 327 g/mol. The number of likely N-dealkylation sites (tertiary alicyclic amines) is 1. The lowest BCUT2D eigenvalue weighted by Crippen LogP contribution is -2.33. The van der Waals surface area contributed by atoms with E-state index in [1.807, 2.05) is 6.92 Å². The first-order chi connectivity index (χ1) is 11.7. The number of hydrogen-bond acceptors (Lipinski definition) is 5. The summed E-state index contributed by atoms with van der Waals surface area (Å²) in [5, 5.41) is 3.97. The van der Waals surface area contributed by atoms with Crippen LogP contribution in [0.25, 0.3) is 0 Å². The van der Waals surface area contributed by atoms with Crippen molar-refractivity contribution in [3.8, 4) is 0 Å². The fourth-order valence-corrected chi connectivity index (χ4v) is 4.20. The summed E-state index contributed by atoms with van der Waals surface area (Å²) in [5.41, 5.74) is 3.04. The summed E-state index contributed by atoms with van der Waals surface area (Å²) < 4.78 is 11.1. The Bertz CT molecular complexity index is 699. The summed E-state index contributed by atoms with van der Waals surface area (Å²) in [7, 11) is 1.79. The molecule has 0 amide bonds. The van der Waals surface area contributed by atoms with Gasteiger partial charge in [-0.1, -0.05) is 29.4 Å². The molecule has 0 radical (unpaired) electrons. The highest BCUT2D eigenvalue weighted by molar-refractivity contribution is 5.29. The molecular weight excluding hydrogens is 302 g/mol. The van der Waals surface area contributed by atoms with Gasteiger partial charge in [0.05, 0.1) is 12.1 Å². The monoisotopic (exact) mass is 327 g/mol. The number of benzene rings is 1. The van der Waals surface area contributed by atoms with Gasteiger partial charge in [0.15, 0.2) is 5.82 Å². The summed E-state index contributed by atoms with van der Waals surface area (Å²) in [4.78, 5) is 6.95. The highest BCUT2D eigenvalue weighted by Gasteiger charge is 2.38. The van der Waals surface area contributed by atoms with Crippen LogP contribution >= 0.6 is 0 Å². The minimum Gasteiger partial charge on any atom is -0.380 e. The van der Waals surface area contributed by atoms with Gasteiger partial charge in [0.2, 0.25) is 5.89 Å². The molecule has 24 heavy (non-hydrogen) atoms. The third kappa shape index (κ3) is 3.10. The number of ether oxygens (including phenoxy) is 1. The van der Waals surface area contributed by atoms with E-state index >= 15 is 0 Å². The van der Waals surface area contributed by atoms with Crippen LogP contribution in [0.5, 0.6) is 0 Å². The summed E-state index contributed by atoms with van der Waals surface area (Å²) in [6.45, 7) is 3.89. The van der Waals surface area contributed by atoms with Gasteiger partial charge in [-0.2, -0.15) is 4.98 Å². The lowest BCUT2D eigenvalue weighted by molar-refractivity contribution is 0.104. The molecule has 1 saturated heterocycles. The fraction of sp³-hybridized carbons (Fsp3) is 0.579. The van der Waals surface area contributed by atoms with Crippen LogP contribution in [0.4, 0.5) is 0 Å².